The molecular weight excluding hydrogens is 440 g/mol. The Kier molecular flexibility index (Phi) is 6.17. The van der Waals surface area contributed by atoms with Crippen molar-refractivity contribution in [3.8, 4) is 22.8 Å². The zero-order chi connectivity index (χ0) is 24.2. The highest BCUT2D eigenvalue weighted by Gasteiger charge is 2.16. The Hall–Kier alpha value is -4.59. The van der Waals surface area contributed by atoms with Crippen LogP contribution in [0.5, 0.6) is 5.75 Å². The number of benzene rings is 2. The lowest BCUT2D eigenvalue weighted by Gasteiger charge is -2.08. The Morgan fingerprint density at radius 2 is 1.77 bits per heavy atom. The van der Waals surface area contributed by atoms with Gasteiger partial charge in [-0.1, -0.05) is 24.3 Å². The Morgan fingerprint density at radius 1 is 0.971 bits per heavy atom. The predicted molar refractivity (Wildman–Crippen MR) is 133 cm³/mol. The molecule has 0 atom stereocenters. The largest absolute Gasteiger partial charge is 0.497 e. The van der Waals surface area contributed by atoms with Gasteiger partial charge in [0.25, 0.3) is 0 Å². The summed E-state index contributed by atoms with van der Waals surface area (Å²) in [6.45, 7) is 2.37. The Morgan fingerprint density at radius 3 is 2.54 bits per heavy atom. The minimum absolute atomic E-state index is 0.112. The number of hydrogen-bond acceptors (Lipinski definition) is 6. The Labute approximate surface area is 202 Å². The molecule has 5 rings (SSSR count). The Balaban J connectivity index is 1.42. The molecule has 174 valence electrons. The standard InChI is InChI=1S/C27H24N6O2/c1-18-4-3-5-26(31-18)33-25(20-8-11-23-24(14-20)29-13-12-28-23)15-21(32-33)16-27(34)30-17-19-6-9-22(35-2)10-7-19/h3-15H,16-17H2,1-2H3,(H,30,34). The lowest BCUT2D eigenvalue weighted by molar-refractivity contribution is -0.120. The smallest absolute Gasteiger partial charge is 0.226 e. The zero-order valence-corrected chi connectivity index (χ0v) is 19.5. The summed E-state index contributed by atoms with van der Waals surface area (Å²) in [5.74, 6) is 1.35. The maximum atomic E-state index is 12.7. The predicted octanol–water partition coefficient (Wildman–Crippen LogP) is 4.05. The van der Waals surface area contributed by atoms with Gasteiger partial charge < -0.3 is 10.1 Å². The topological polar surface area (TPSA) is 94.8 Å². The molecule has 8 heteroatoms. The van der Waals surface area contributed by atoms with Gasteiger partial charge in [-0.25, -0.2) is 9.67 Å². The summed E-state index contributed by atoms with van der Waals surface area (Å²) in [6, 6.07) is 21.2. The highest BCUT2D eigenvalue weighted by molar-refractivity contribution is 5.82. The van der Waals surface area contributed by atoms with Gasteiger partial charge in [0.2, 0.25) is 5.91 Å². The number of carbonyl (C=O) groups is 1. The molecule has 0 radical (unpaired) electrons. The number of hydrogen-bond donors (Lipinski definition) is 1. The van der Waals surface area contributed by atoms with Gasteiger partial charge in [0.1, 0.15) is 5.75 Å². The third-order valence-corrected chi connectivity index (χ3v) is 5.61. The lowest BCUT2D eigenvalue weighted by Crippen LogP contribution is -2.24. The summed E-state index contributed by atoms with van der Waals surface area (Å²) in [7, 11) is 1.63. The molecule has 0 saturated heterocycles. The number of nitrogens with zero attached hydrogens (tertiary/aromatic N) is 5. The molecule has 1 N–H and O–H groups in total. The third kappa shape index (κ3) is 5.01. The van der Waals surface area contributed by atoms with Gasteiger partial charge in [-0.15, -0.1) is 0 Å². The van der Waals surface area contributed by atoms with Crippen LogP contribution in [0.1, 0.15) is 17.0 Å². The fourth-order valence-electron chi connectivity index (χ4n) is 3.84. The van der Waals surface area contributed by atoms with E-state index in [0.29, 0.717) is 18.1 Å². The number of fused-ring (bicyclic) bond motifs is 1. The number of methoxy groups -OCH3 is 1. The second-order valence-electron chi connectivity index (χ2n) is 8.13. The van der Waals surface area contributed by atoms with E-state index >= 15 is 0 Å². The summed E-state index contributed by atoms with van der Waals surface area (Å²) < 4.78 is 6.96. The Bertz CT molecular complexity index is 1490. The number of aryl methyl sites for hydroxylation is 1. The minimum Gasteiger partial charge on any atom is -0.497 e. The van der Waals surface area contributed by atoms with Crippen molar-refractivity contribution in [1.82, 2.24) is 30.0 Å². The first-order valence-corrected chi connectivity index (χ1v) is 11.2. The van der Waals surface area contributed by atoms with Crippen molar-refractivity contribution < 1.29 is 9.53 Å². The zero-order valence-electron chi connectivity index (χ0n) is 19.5. The highest BCUT2D eigenvalue weighted by Crippen LogP contribution is 2.26. The molecular formula is C27H24N6O2. The second kappa shape index (κ2) is 9.72. The van der Waals surface area contributed by atoms with Crippen LogP contribution < -0.4 is 10.1 Å². The number of ether oxygens (including phenoxy) is 1. The second-order valence-corrected chi connectivity index (χ2v) is 8.13. The van der Waals surface area contributed by atoms with E-state index in [1.807, 2.05) is 73.7 Å². The molecule has 0 spiro atoms. The third-order valence-electron chi connectivity index (χ3n) is 5.61. The van der Waals surface area contributed by atoms with E-state index in [1.165, 1.54) is 0 Å². The maximum Gasteiger partial charge on any atom is 0.226 e. The summed E-state index contributed by atoms with van der Waals surface area (Å²) in [5, 5.41) is 7.70. The molecule has 2 aromatic carbocycles. The average molecular weight is 465 g/mol. The maximum absolute atomic E-state index is 12.7. The van der Waals surface area contributed by atoms with Gasteiger partial charge in [-0.3, -0.25) is 14.8 Å². The van der Waals surface area contributed by atoms with Crippen molar-refractivity contribution in [3.05, 3.63) is 96.1 Å². The van der Waals surface area contributed by atoms with Gasteiger partial charge in [0, 0.05) is 30.2 Å². The van der Waals surface area contributed by atoms with Gasteiger partial charge >= 0.3 is 0 Å². The molecule has 0 saturated carbocycles. The van der Waals surface area contributed by atoms with Crippen LogP contribution in [0.2, 0.25) is 0 Å². The first-order valence-electron chi connectivity index (χ1n) is 11.2. The molecule has 5 aromatic rings. The van der Waals surface area contributed by atoms with Crippen LogP contribution in [-0.2, 0) is 17.8 Å². The molecule has 0 aliphatic rings. The van der Waals surface area contributed by atoms with Gasteiger partial charge in [0.15, 0.2) is 5.82 Å². The van der Waals surface area contributed by atoms with Gasteiger partial charge in [-0.05, 0) is 55.0 Å². The summed E-state index contributed by atoms with van der Waals surface area (Å²) in [4.78, 5) is 26.1. The molecule has 0 fully saturated rings. The van der Waals surface area contributed by atoms with Crippen molar-refractivity contribution in [3.63, 3.8) is 0 Å². The van der Waals surface area contributed by atoms with E-state index in [-0.39, 0.29) is 12.3 Å². The van der Waals surface area contributed by atoms with Crippen LogP contribution in [0.4, 0.5) is 0 Å². The van der Waals surface area contributed by atoms with E-state index < -0.39 is 0 Å². The number of aromatic nitrogens is 5. The van der Waals surface area contributed by atoms with Crippen LogP contribution in [0.15, 0.2) is 79.1 Å². The minimum atomic E-state index is -0.112. The highest BCUT2D eigenvalue weighted by atomic mass is 16.5. The monoisotopic (exact) mass is 464 g/mol. The van der Waals surface area contributed by atoms with Crippen LogP contribution >= 0.6 is 0 Å². The normalized spacial score (nSPS) is 10.9. The quantitative estimate of drug-likeness (QED) is 0.390. The fraction of sp³-hybridized carbons (Fsp3) is 0.148. The van der Waals surface area contributed by atoms with Crippen molar-refractivity contribution in [2.45, 2.75) is 19.9 Å². The van der Waals surface area contributed by atoms with E-state index in [9.17, 15) is 4.79 Å². The number of pyridine rings is 1. The van der Waals surface area contributed by atoms with E-state index in [0.717, 1.165) is 39.3 Å². The van der Waals surface area contributed by atoms with Crippen LogP contribution in [0.25, 0.3) is 28.1 Å². The molecule has 0 unspecified atom stereocenters. The van der Waals surface area contributed by atoms with Crippen molar-refractivity contribution in [1.29, 1.82) is 0 Å². The average Bonchev–Trinajstić information content (AvgIpc) is 3.31. The van der Waals surface area contributed by atoms with Crippen LogP contribution in [-0.4, -0.2) is 37.7 Å². The van der Waals surface area contributed by atoms with E-state index in [1.54, 1.807) is 24.2 Å². The molecule has 0 bridgehead atoms. The summed E-state index contributed by atoms with van der Waals surface area (Å²) >= 11 is 0. The molecule has 0 aliphatic carbocycles. The molecule has 3 aromatic heterocycles. The molecule has 0 aliphatic heterocycles. The summed E-state index contributed by atoms with van der Waals surface area (Å²) in [5.41, 5.74) is 5.86. The van der Waals surface area contributed by atoms with Crippen molar-refractivity contribution >= 4 is 16.9 Å². The van der Waals surface area contributed by atoms with E-state index in [4.69, 9.17) is 9.84 Å². The number of carbonyl (C=O) groups excluding carboxylic acids is 1. The van der Waals surface area contributed by atoms with Gasteiger partial charge in [0.05, 0.1) is 36.0 Å². The number of nitrogens with one attached hydrogen (secondary N) is 1. The molecule has 8 nitrogen and oxygen atoms in total. The van der Waals surface area contributed by atoms with Gasteiger partial charge in [-0.2, -0.15) is 5.10 Å². The van der Waals surface area contributed by atoms with Crippen LogP contribution in [0.3, 0.4) is 0 Å². The van der Waals surface area contributed by atoms with Crippen molar-refractivity contribution in [2.75, 3.05) is 7.11 Å². The molecule has 1 amide bonds. The van der Waals surface area contributed by atoms with Crippen LogP contribution in [0, 0.1) is 6.92 Å². The van der Waals surface area contributed by atoms with E-state index in [2.05, 4.69) is 20.3 Å². The first-order chi connectivity index (χ1) is 17.1. The summed E-state index contributed by atoms with van der Waals surface area (Å²) in [6.07, 6.45) is 3.49. The first kappa shape index (κ1) is 22.2. The lowest BCUT2D eigenvalue weighted by atomic mass is 10.1. The number of amides is 1. The molecule has 3 heterocycles. The van der Waals surface area contributed by atoms with Crippen molar-refractivity contribution in [2.24, 2.45) is 0 Å². The fourth-order valence-corrected chi connectivity index (χ4v) is 3.84. The SMILES string of the molecule is COc1ccc(CNC(=O)Cc2cc(-c3ccc4nccnc4c3)n(-c3cccc(C)n3)n2)cc1. The number of rotatable bonds is 7. The molecule has 35 heavy (non-hydrogen) atoms.